The van der Waals surface area contributed by atoms with E-state index >= 15 is 0 Å². The van der Waals surface area contributed by atoms with Crippen LogP contribution in [0.3, 0.4) is 0 Å². The molecule has 2 rings (SSSR count). The molecule has 1 heterocycles. The van der Waals surface area contributed by atoms with Gasteiger partial charge >= 0.3 is 0 Å². The van der Waals surface area contributed by atoms with Crippen molar-refractivity contribution < 1.29 is 4.52 Å². The number of hydrogen-bond acceptors (Lipinski definition) is 4. The Hall–Kier alpha value is -1.26. The molecule has 0 saturated heterocycles. The minimum absolute atomic E-state index is 0.181. The minimum atomic E-state index is -0.817. The number of benzene rings is 1. The first kappa shape index (κ1) is 11.2. The Morgan fingerprint density at radius 2 is 2.12 bits per heavy atom. The predicted molar refractivity (Wildman–Crippen MR) is 63.3 cm³/mol. The molecule has 0 bridgehead atoms. The van der Waals surface area contributed by atoms with Gasteiger partial charge in [-0.1, -0.05) is 40.5 Å². The molecule has 0 spiro atoms. The van der Waals surface area contributed by atoms with Crippen LogP contribution in [0.1, 0.15) is 16.3 Å². The van der Waals surface area contributed by atoms with E-state index in [4.69, 9.17) is 33.5 Å². The van der Waals surface area contributed by atoms with E-state index in [0.29, 0.717) is 11.5 Å². The minimum Gasteiger partial charge on any atom is -0.398 e. The second-order valence-electron chi connectivity index (χ2n) is 3.28. The number of nitrogens with zero attached hydrogens (tertiary/aromatic N) is 2. The van der Waals surface area contributed by atoms with Crippen LogP contribution in [0.5, 0.6) is 0 Å². The van der Waals surface area contributed by atoms with Crippen molar-refractivity contribution in [2.24, 2.45) is 0 Å². The standard InChI is InChI=1S/C10H9Cl2N3O/c1-5-6(3-2-4-7(5)13)9-14-10(8(11)12)16-15-9/h2-4,8H,13H2,1H3. The lowest BCUT2D eigenvalue weighted by Crippen LogP contribution is -1.93. The fraction of sp³-hybridized carbons (Fsp3) is 0.200. The van der Waals surface area contributed by atoms with Crippen LogP contribution in [0.15, 0.2) is 22.7 Å². The first-order valence-electron chi connectivity index (χ1n) is 4.57. The topological polar surface area (TPSA) is 64.9 Å². The van der Waals surface area contributed by atoms with Crippen LogP contribution in [0.2, 0.25) is 0 Å². The summed E-state index contributed by atoms with van der Waals surface area (Å²) in [4.78, 5) is 3.27. The van der Waals surface area contributed by atoms with E-state index in [1.807, 2.05) is 25.1 Å². The van der Waals surface area contributed by atoms with E-state index in [-0.39, 0.29) is 5.89 Å². The Balaban J connectivity index is 2.47. The monoisotopic (exact) mass is 257 g/mol. The van der Waals surface area contributed by atoms with E-state index in [2.05, 4.69) is 10.1 Å². The van der Waals surface area contributed by atoms with Crippen molar-refractivity contribution in [3.63, 3.8) is 0 Å². The second kappa shape index (κ2) is 4.31. The van der Waals surface area contributed by atoms with Crippen molar-refractivity contribution in [3.8, 4) is 11.4 Å². The van der Waals surface area contributed by atoms with Crippen LogP contribution in [0, 0.1) is 6.92 Å². The van der Waals surface area contributed by atoms with Gasteiger partial charge in [-0.05, 0) is 18.6 Å². The summed E-state index contributed by atoms with van der Waals surface area (Å²) in [5.74, 6) is 0.617. The molecular weight excluding hydrogens is 249 g/mol. The number of aromatic nitrogens is 2. The van der Waals surface area contributed by atoms with Crippen LogP contribution in [-0.2, 0) is 0 Å². The number of nitrogen functional groups attached to an aromatic ring is 1. The fourth-order valence-corrected chi connectivity index (χ4v) is 1.51. The van der Waals surface area contributed by atoms with Gasteiger partial charge in [0.05, 0.1) is 0 Å². The van der Waals surface area contributed by atoms with Crippen molar-refractivity contribution in [1.82, 2.24) is 10.1 Å². The molecule has 2 aromatic rings. The highest BCUT2D eigenvalue weighted by atomic mass is 35.5. The Labute approximate surface area is 102 Å². The molecule has 84 valence electrons. The SMILES string of the molecule is Cc1c(N)cccc1-c1noc(C(Cl)Cl)n1. The third kappa shape index (κ3) is 1.99. The van der Waals surface area contributed by atoms with Crippen molar-refractivity contribution in [2.75, 3.05) is 5.73 Å². The molecule has 0 aliphatic rings. The summed E-state index contributed by atoms with van der Waals surface area (Å²) in [5.41, 5.74) is 8.17. The smallest absolute Gasteiger partial charge is 0.260 e. The molecule has 0 atom stereocenters. The van der Waals surface area contributed by atoms with E-state index in [0.717, 1.165) is 11.1 Å². The van der Waals surface area contributed by atoms with E-state index in [1.54, 1.807) is 0 Å². The van der Waals surface area contributed by atoms with Gasteiger partial charge in [-0.25, -0.2) is 0 Å². The molecule has 0 saturated carbocycles. The van der Waals surface area contributed by atoms with E-state index in [9.17, 15) is 0 Å². The predicted octanol–water partition coefficient (Wildman–Crippen LogP) is 3.10. The maximum absolute atomic E-state index is 5.79. The van der Waals surface area contributed by atoms with Crippen molar-refractivity contribution in [2.45, 2.75) is 11.8 Å². The van der Waals surface area contributed by atoms with Gasteiger partial charge in [-0.15, -0.1) is 0 Å². The average Bonchev–Trinajstić information content (AvgIpc) is 2.71. The first-order chi connectivity index (χ1) is 7.59. The second-order valence-corrected chi connectivity index (χ2v) is 4.37. The van der Waals surface area contributed by atoms with Crippen LogP contribution in [0.4, 0.5) is 5.69 Å². The molecule has 0 unspecified atom stereocenters. The maximum atomic E-state index is 5.79. The molecule has 0 amide bonds. The van der Waals surface area contributed by atoms with Gasteiger partial charge in [0.15, 0.2) is 4.84 Å². The molecule has 0 radical (unpaired) electrons. The van der Waals surface area contributed by atoms with E-state index < -0.39 is 4.84 Å². The van der Waals surface area contributed by atoms with Gasteiger partial charge in [-0.2, -0.15) is 4.98 Å². The molecule has 0 fully saturated rings. The van der Waals surface area contributed by atoms with Gasteiger partial charge in [0.25, 0.3) is 5.89 Å². The molecule has 1 aromatic carbocycles. The number of rotatable bonds is 2. The van der Waals surface area contributed by atoms with Crippen LogP contribution >= 0.6 is 23.2 Å². The maximum Gasteiger partial charge on any atom is 0.260 e. The summed E-state index contributed by atoms with van der Waals surface area (Å²) in [6.45, 7) is 1.89. The zero-order valence-corrected chi connectivity index (χ0v) is 9.96. The van der Waals surface area contributed by atoms with Crippen LogP contribution < -0.4 is 5.73 Å². The summed E-state index contributed by atoms with van der Waals surface area (Å²) < 4.78 is 4.91. The summed E-state index contributed by atoms with van der Waals surface area (Å²) in [5, 5.41) is 3.80. The molecular formula is C10H9Cl2N3O. The summed E-state index contributed by atoms with van der Waals surface area (Å²) >= 11 is 11.2. The number of alkyl halides is 2. The largest absolute Gasteiger partial charge is 0.398 e. The van der Waals surface area contributed by atoms with Crippen LogP contribution in [-0.4, -0.2) is 10.1 Å². The fourth-order valence-electron chi connectivity index (χ4n) is 1.33. The van der Waals surface area contributed by atoms with Crippen molar-refractivity contribution in [3.05, 3.63) is 29.7 Å². The Morgan fingerprint density at radius 1 is 1.38 bits per heavy atom. The molecule has 0 aliphatic heterocycles. The summed E-state index contributed by atoms with van der Waals surface area (Å²) in [6, 6.07) is 5.50. The number of nitrogens with two attached hydrogens (primary N) is 1. The zero-order chi connectivity index (χ0) is 11.7. The summed E-state index contributed by atoms with van der Waals surface area (Å²) in [7, 11) is 0. The lowest BCUT2D eigenvalue weighted by atomic mass is 10.1. The number of halogens is 2. The van der Waals surface area contributed by atoms with Gasteiger partial charge in [0.1, 0.15) is 0 Å². The van der Waals surface area contributed by atoms with Crippen molar-refractivity contribution >= 4 is 28.9 Å². The quantitative estimate of drug-likeness (QED) is 0.664. The van der Waals surface area contributed by atoms with Gasteiger partial charge in [0, 0.05) is 11.3 Å². The van der Waals surface area contributed by atoms with Crippen LogP contribution in [0.25, 0.3) is 11.4 Å². The zero-order valence-electron chi connectivity index (χ0n) is 8.45. The molecule has 6 heteroatoms. The van der Waals surface area contributed by atoms with Gasteiger partial charge < -0.3 is 10.3 Å². The lowest BCUT2D eigenvalue weighted by Gasteiger charge is -2.03. The van der Waals surface area contributed by atoms with Gasteiger partial charge in [-0.3, -0.25) is 0 Å². The molecule has 16 heavy (non-hydrogen) atoms. The summed E-state index contributed by atoms with van der Waals surface area (Å²) in [6.07, 6.45) is 0. The van der Waals surface area contributed by atoms with Gasteiger partial charge in [0.2, 0.25) is 5.82 Å². The highest BCUT2D eigenvalue weighted by Gasteiger charge is 2.15. The van der Waals surface area contributed by atoms with E-state index in [1.165, 1.54) is 0 Å². The third-order valence-corrected chi connectivity index (χ3v) is 2.62. The molecule has 2 N–H and O–H groups in total. The molecule has 0 aliphatic carbocycles. The molecule has 1 aromatic heterocycles. The Morgan fingerprint density at radius 3 is 2.75 bits per heavy atom. The highest BCUT2D eigenvalue weighted by Crippen LogP contribution is 2.28. The molecule has 4 nitrogen and oxygen atoms in total. The highest BCUT2D eigenvalue weighted by molar-refractivity contribution is 6.43. The average molecular weight is 258 g/mol. The first-order valence-corrected chi connectivity index (χ1v) is 5.44. The lowest BCUT2D eigenvalue weighted by molar-refractivity contribution is 0.388. The normalized spacial score (nSPS) is 11.0. The Bertz CT molecular complexity index is 511. The third-order valence-electron chi connectivity index (χ3n) is 2.25. The number of hydrogen-bond donors (Lipinski definition) is 1. The Kier molecular flexibility index (Phi) is 3.03. The van der Waals surface area contributed by atoms with Crippen molar-refractivity contribution in [1.29, 1.82) is 0 Å². The number of anilines is 1.